The van der Waals surface area contributed by atoms with Crippen molar-refractivity contribution in [3.63, 3.8) is 0 Å². The van der Waals surface area contributed by atoms with E-state index in [1.165, 1.54) is 16.7 Å². The Morgan fingerprint density at radius 2 is 1.16 bits per heavy atom. The van der Waals surface area contributed by atoms with Gasteiger partial charge >= 0.3 is 5.91 Å². The van der Waals surface area contributed by atoms with E-state index in [-0.39, 0.29) is 18.5 Å². The van der Waals surface area contributed by atoms with Crippen LogP contribution in [0.5, 0.6) is 0 Å². The summed E-state index contributed by atoms with van der Waals surface area (Å²) in [6, 6.07) is 34.5. The topological polar surface area (TPSA) is 63.9 Å². The molecule has 8 heterocycles. The van der Waals surface area contributed by atoms with Gasteiger partial charge in [0.25, 0.3) is 11.7 Å². The van der Waals surface area contributed by atoms with Gasteiger partial charge in [-0.1, -0.05) is 112 Å². The molecule has 0 fully saturated rings. The minimum atomic E-state index is -0.812. The van der Waals surface area contributed by atoms with E-state index in [9.17, 15) is 0 Å². The molecular weight excluding hydrogens is 556 g/mol. The second kappa shape index (κ2) is 8.49. The first kappa shape index (κ1) is 25.2. The zero-order chi connectivity index (χ0) is 30.2. The molecule has 0 saturated heterocycles. The van der Waals surface area contributed by atoms with Crippen molar-refractivity contribution in [1.82, 2.24) is 14.4 Å². The molecule has 5 aromatic rings. The summed E-state index contributed by atoms with van der Waals surface area (Å²) in [6.07, 6.45) is -0.629. The van der Waals surface area contributed by atoms with E-state index >= 15 is 0 Å². The number of rotatable bonds is 0. The first-order chi connectivity index (χ1) is 22.4. The van der Waals surface area contributed by atoms with Gasteiger partial charge in [0.2, 0.25) is 11.7 Å². The molecule has 4 aromatic carbocycles. The molecule has 0 N–H and O–H groups in total. The lowest BCUT2D eigenvalue weighted by Crippen LogP contribution is -2.78. The van der Waals surface area contributed by atoms with Gasteiger partial charge in [0.05, 0.1) is 11.1 Å². The molecule has 4 atom stereocenters. The number of benzene rings is 4. The molecule has 0 aliphatic carbocycles. The predicted octanol–water partition coefficient (Wildman–Crippen LogP) is 5.55. The lowest BCUT2D eigenvalue weighted by Gasteiger charge is -2.56. The zero-order valence-electron chi connectivity index (χ0n) is 25.5. The Morgan fingerprint density at radius 1 is 0.578 bits per heavy atom. The van der Waals surface area contributed by atoms with Crippen LogP contribution in [0.2, 0.25) is 0 Å². The van der Waals surface area contributed by atoms with Crippen LogP contribution >= 0.6 is 0 Å². The van der Waals surface area contributed by atoms with Crippen molar-refractivity contribution in [3.8, 4) is 0 Å². The summed E-state index contributed by atoms with van der Waals surface area (Å²) in [5.74, 6) is 2.07. The van der Waals surface area contributed by atoms with Crippen LogP contribution in [0.15, 0.2) is 117 Å². The van der Waals surface area contributed by atoms with E-state index < -0.39 is 5.91 Å². The fraction of sp³-hybridized carbons (Fsp3) is 0.216. The van der Waals surface area contributed by atoms with Crippen LogP contribution in [0.4, 0.5) is 0 Å². The number of aromatic nitrogens is 1. The van der Waals surface area contributed by atoms with Gasteiger partial charge in [-0.15, -0.1) is 4.99 Å². The number of fused-ring (bicyclic) bond motifs is 12. The van der Waals surface area contributed by atoms with Crippen LogP contribution in [0.1, 0.15) is 79.6 Å². The lowest BCUT2D eigenvalue weighted by atomic mass is 10.1. The third-order valence-electron chi connectivity index (χ3n) is 9.91. The van der Waals surface area contributed by atoms with E-state index in [0.29, 0.717) is 0 Å². The Kier molecular flexibility index (Phi) is 4.74. The fourth-order valence-electron chi connectivity index (χ4n) is 8.47. The van der Waals surface area contributed by atoms with E-state index in [0.717, 1.165) is 55.9 Å². The van der Waals surface area contributed by atoms with Crippen LogP contribution < -0.4 is 11.0 Å². The Hall–Kier alpha value is -5.21. The summed E-state index contributed by atoms with van der Waals surface area (Å²) in [5, 5.41) is 2.24. The Balaban J connectivity index is 0.000000640. The van der Waals surface area contributed by atoms with Gasteiger partial charge in [0.15, 0.2) is 0 Å². The highest BCUT2D eigenvalue weighted by Crippen LogP contribution is 2.60. The summed E-state index contributed by atoms with van der Waals surface area (Å²) in [5.41, 5.74) is 8.90. The number of nitrogens with zero attached hydrogens (tertiary/aromatic N) is 8. The summed E-state index contributed by atoms with van der Waals surface area (Å²) in [4.78, 5) is 27.0. The molecule has 218 valence electrons. The van der Waals surface area contributed by atoms with Gasteiger partial charge in [-0.2, -0.15) is 9.48 Å². The lowest BCUT2D eigenvalue weighted by molar-refractivity contribution is -0.635. The maximum Gasteiger partial charge on any atom is 0.327 e. The molecule has 8 heteroatoms. The summed E-state index contributed by atoms with van der Waals surface area (Å²) in [6.45, 7) is 8.00. The largest absolute Gasteiger partial charge is 0.327 e. The molecular formula is C37H31N8+. The molecule has 4 unspecified atom stereocenters. The smallest absolute Gasteiger partial charge is 0.247 e. The summed E-state index contributed by atoms with van der Waals surface area (Å²) in [7, 11) is 0. The molecule has 0 bridgehead atoms. The van der Waals surface area contributed by atoms with Crippen molar-refractivity contribution in [2.75, 3.05) is 0 Å². The predicted molar refractivity (Wildman–Crippen MR) is 174 cm³/mol. The fourth-order valence-corrected chi connectivity index (χ4v) is 8.47. The van der Waals surface area contributed by atoms with Crippen molar-refractivity contribution >= 4 is 28.3 Å². The second-order valence-electron chi connectivity index (χ2n) is 11.6. The number of hydrogen-bond donors (Lipinski definition) is 0. The van der Waals surface area contributed by atoms with E-state index in [4.69, 9.17) is 20.0 Å². The molecule has 0 amide bonds. The number of amidine groups is 3. The van der Waals surface area contributed by atoms with Gasteiger partial charge in [-0.25, -0.2) is 19.5 Å². The molecule has 7 aliphatic rings. The third-order valence-corrected chi connectivity index (χ3v) is 9.91. The van der Waals surface area contributed by atoms with E-state index in [1.807, 2.05) is 27.7 Å². The van der Waals surface area contributed by atoms with Crippen LogP contribution in [0, 0.1) is 0 Å². The average Bonchev–Trinajstić information content (AvgIpc) is 3.83. The van der Waals surface area contributed by atoms with Gasteiger partial charge < -0.3 is 0 Å². The maximum atomic E-state index is 5.54. The van der Waals surface area contributed by atoms with Gasteiger partial charge in [-0.3, -0.25) is 0 Å². The van der Waals surface area contributed by atoms with Gasteiger partial charge in [-0.05, 0) is 29.3 Å². The third kappa shape index (κ3) is 2.58. The Bertz CT molecular complexity index is 2380. The number of aliphatic imine (C=N–C) groups is 2. The SMILES string of the molecule is CC.CC.c1ccc2c(c1)C1=NC3c4ccccc4C4=NC5c6ccccc6C6N=c7c8ccccc8c8n7C(N43)(N56)[N+]1=C2N=8. The van der Waals surface area contributed by atoms with Crippen molar-refractivity contribution in [2.24, 2.45) is 20.0 Å². The normalized spacial score (nSPS) is 25.6. The first-order valence-corrected chi connectivity index (χ1v) is 16.1. The van der Waals surface area contributed by atoms with Crippen LogP contribution in [-0.4, -0.2) is 36.4 Å². The average molecular weight is 588 g/mol. The molecule has 0 radical (unpaired) electrons. The summed E-state index contributed by atoms with van der Waals surface area (Å²) < 4.78 is 4.79. The minimum absolute atomic E-state index is 0.202. The highest BCUT2D eigenvalue weighted by molar-refractivity contribution is 6.16. The molecule has 7 aliphatic heterocycles. The zero-order valence-corrected chi connectivity index (χ0v) is 25.5. The van der Waals surface area contributed by atoms with Crippen molar-refractivity contribution in [3.05, 3.63) is 141 Å². The quantitative estimate of drug-likeness (QED) is 0.223. The van der Waals surface area contributed by atoms with Crippen LogP contribution in [0.25, 0.3) is 10.8 Å². The number of hydrogen-bond acceptors (Lipinski definition) is 6. The Labute approximate surface area is 260 Å². The standard InChI is InChI=1S/C33H19N8.2C2H6/c1-2-10-18-17(9-1)25-34-27-19-11-3-4-12-20(19)29-36-31-23-15-7-8-16-24(23)32-37-30-22-14-6-5-13-21(22)28-35-26(18)38(25)33(39(27)29,40(28)30)41(31)32;2*1-2/h1-16,25-26,29H;2*1-2H3/q+1;;. The molecule has 12 rings (SSSR count). The van der Waals surface area contributed by atoms with Crippen LogP contribution in [0.3, 0.4) is 0 Å². The molecule has 45 heavy (non-hydrogen) atoms. The van der Waals surface area contributed by atoms with Crippen molar-refractivity contribution in [2.45, 2.75) is 52.1 Å². The van der Waals surface area contributed by atoms with E-state index in [2.05, 4.69) is 116 Å². The minimum Gasteiger partial charge on any atom is -0.247 e. The van der Waals surface area contributed by atoms with Crippen molar-refractivity contribution in [1.29, 1.82) is 0 Å². The Morgan fingerprint density at radius 3 is 1.89 bits per heavy atom. The van der Waals surface area contributed by atoms with Crippen molar-refractivity contribution < 1.29 is 4.58 Å². The van der Waals surface area contributed by atoms with Crippen LogP contribution in [-0.2, 0) is 5.91 Å². The van der Waals surface area contributed by atoms with Gasteiger partial charge in [0, 0.05) is 21.9 Å². The van der Waals surface area contributed by atoms with E-state index in [1.54, 1.807) is 0 Å². The first-order valence-electron chi connectivity index (χ1n) is 16.1. The van der Waals surface area contributed by atoms with Gasteiger partial charge in [0.1, 0.15) is 23.7 Å². The highest BCUT2D eigenvalue weighted by Gasteiger charge is 2.73. The molecule has 1 aromatic heterocycles. The maximum absolute atomic E-state index is 5.54. The molecule has 8 nitrogen and oxygen atoms in total. The second-order valence-corrected chi connectivity index (χ2v) is 11.6. The monoisotopic (exact) mass is 587 g/mol. The molecule has 1 spiro atoms. The highest BCUT2D eigenvalue weighted by atomic mass is 15.8. The molecule has 0 saturated carbocycles. The summed E-state index contributed by atoms with van der Waals surface area (Å²) >= 11 is 0.